The average molecular weight is 390 g/mol. The summed E-state index contributed by atoms with van der Waals surface area (Å²) in [6.07, 6.45) is 3.94. The normalized spacial score (nSPS) is 14.1. The van der Waals surface area contributed by atoms with Gasteiger partial charge in [-0.05, 0) is 30.2 Å². The lowest BCUT2D eigenvalue weighted by Gasteiger charge is -2.35. The maximum Gasteiger partial charge on any atom is 0.229 e. The first-order chi connectivity index (χ1) is 14.2. The van der Waals surface area contributed by atoms with Crippen LogP contribution in [0, 0.1) is 0 Å². The number of hydrogen-bond donors (Lipinski definition) is 2. The van der Waals surface area contributed by atoms with E-state index in [0.717, 1.165) is 56.3 Å². The van der Waals surface area contributed by atoms with Crippen molar-refractivity contribution in [3.05, 3.63) is 60.3 Å². The molecule has 0 spiro atoms. The third-order valence-corrected chi connectivity index (χ3v) is 5.07. The Bertz CT molecular complexity index is 937. The largest absolute Gasteiger partial charge is 0.383 e. The van der Waals surface area contributed by atoms with E-state index in [2.05, 4.69) is 50.2 Å². The molecule has 1 fully saturated rings. The van der Waals surface area contributed by atoms with Gasteiger partial charge in [0.15, 0.2) is 0 Å². The summed E-state index contributed by atoms with van der Waals surface area (Å²) in [5, 5.41) is 3.43. The van der Waals surface area contributed by atoms with Gasteiger partial charge in [0.2, 0.25) is 5.95 Å². The van der Waals surface area contributed by atoms with E-state index in [1.54, 1.807) is 6.07 Å². The van der Waals surface area contributed by atoms with E-state index >= 15 is 0 Å². The molecule has 0 aliphatic carbocycles. The van der Waals surface area contributed by atoms with Crippen molar-refractivity contribution in [2.24, 2.45) is 0 Å². The van der Waals surface area contributed by atoms with Crippen LogP contribution in [-0.2, 0) is 6.42 Å². The maximum atomic E-state index is 6.10. The lowest BCUT2D eigenvalue weighted by molar-refractivity contribution is 0.635. The summed E-state index contributed by atoms with van der Waals surface area (Å²) in [6, 6.07) is 16.1. The minimum absolute atomic E-state index is 0.470. The van der Waals surface area contributed by atoms with Crippen molar-refractivity contribution in [2.75, 3.05) is 47.0 Å². The molecule has 3 N–H and O–H groups in total. The number of para-hydroxylation sites is 1. The van der Waals surface area contributed by atoms with E-state index in [1.165, 1.54) is 5.56 Å². The minimum atomic E-state index is 0.470. The number of benzene rings is 1. The maximum absolute atomic E-state index is 6.10. The summed E-state index contributed by atoms with van der Waals surface area (Å²) >= 11 is 0. The SMILES string of the molecule is CCCc1ccccc1Nc1cc(N)nc(N2CCN(c3ccccn3)CC2)n1. The second-order valence-corrected chi connectivity index (χ2v) is 7.17. The fourth-order valence-electron chi connectivity index (χ4n) is 3.60. The fourth-order valence-corrected chi connectivity index (χ4v) is 3.60. The Morgan fingerprint density at radius 2 is 1.72 bits per heavy atom. The Balaban J connectivity index is 1.48. The topological polar surface area (TPSA) is 83.2 Å². The third-order valence-electron chi connectivity index (χ3n) is 5.07. The van der Waals surface area contributed by atoms with Crippen molar-refractivity contribution in [1.29, 1.82) is 0 Å². The van der Waals surface area contributed by atoms with Crippen LogP contribution in [0.2, 0.25) is 0 Å². The molecule has 0 atom stereocenters. The molecule has 1 aromatic carbocycles. The zero-order chi connectivity index (χ0) is 20.1. The molecular weight excluding hydrogens is 362 g/mol. The highest BCUT2D eigenvalue weighted by Crippen LogP contribution is 2.24. The lowest BCUT2D eigenvalue weighted by Crippen LogP contribution is -2.47. The molecule has 29 heavy (non-hydrogen) atoms. The van der Waals surface area contributed by atoms with E-state index in [1.807, 2.05) is 30.5 Å². The highest BCUT2D eigenvalue weighted by Gasteiger charge is 2.20. The molecule has 1 aliphatic heterocycles. The molecule has 0 bridgehead atoms. The number of nitrogens with two attached hydrogens (primary N) is 1. The highest BCUT2D eigenvalue weighted by molar-refractivity contribution is 5.63. The first kappa shape index (κ1) is 19.0. The minimum Gasteiger partial charge on any atom is -0.383 e. The van der Waals surface area contributed by atoms with Crippen LogP contribution >= 0.6 is 0 Å². The lowest BCUT2D eigenvalue weighted by atomic mass is 10.1. The molecule has 1 saturated heterocycles. The van der Waals surface area contributed by atoms with Crippen LogP contribution in [0.15, 0.2) is 54.7 Å². The summed E-state index contributed by atoms with van der Waals surface area (Å²) in [4.78, 5) is 18.1. The van der Waals surface area contributed by atoms with Crippen molar-refractivity contribution >= 4 is 29.1 Å². The van der Waals surface area contributed by atoms with E-state index in [9.17, 15) is 0 Å². The second kappa shape index (κ2) is 8.77. The summed E-state index contributed by atoms with van der Waals surface area (Å²) < 4.78 is 0. The van der Waals surface area contributed by atoms with Crippen molar-refractivity contribution in [3.8, 4) is 0 Å². The van der Waals surface area contributed by atoms with Gasteiger partial charge in [-0.15, -0.1) is 0 Å². The molecular formula is C22H27N7. The van der Waals surface area contributed by atoms with E-state index in [-0.39, 0.29) is 0 Å². The van der Waals surface area contributed by atoms with Gasteiger partial charge >= 0.3 is 0 Å². The molecule has 7 nitrogen and oxygen atoms in total. The molecule has 4 rings (SSSR count). The van der Waals surface area contributed by atoms with Crippen LogP contribution in [0.5, 0.6) is 0 Å². The van der Waals surface area contributed by atoms with Gasteiger partial charge in [0, 0.05) is 44.1 Å². The Labute approximate surface area is 171 Å². The third kappa shape index (κ3) is 4.56. The molecule has 3 heterocycles. The summed E-state index contributed by atoms with van der Waals surface area (Å²) in [6.45, 7) is 5.58. The van der Waals surface area contributed by atoms with Crippen molar-refractivity contribution < 1.29 is 0 Å². The zero-order valence-corrected chi connectivity index (χ0v) is 16.8. The van der Waals surface area contributed by atoms with Crippen LogP contribution in [-0.4, -0.2) is 41.1 Å². The molecule has 7 heteroatoms. The number of rotatable bonds is 6. The van der Waals surface area contributed by atoms with Crippen molar-refractivity contribution in [3.63, 3.8) is 0 Å². The zero-order valence-electron chi connectivity index (χ0n) is 16.8. The molecule has 3 aromatic rings. The smallest absolute Gasteiger partial charge is 0.229 e. The molecule has 0 amide bonds. The van der Waals surface area contributed by atoms with Crippen LogP contribution in [0.1, 0.15) is 18.9 Å². The quantitative estimate of drug-likeness (QED) is 0.668. The number of nitrogens with zero attached hydrogens (tertiary/aromatic N) is 5. The van der Waals surface area contributed by atoms with Gasteiger partial charge in [-0.25, -0.2) is 4.98 Å². The van der Waals surface area contributed by atoms with Crippen molar-refractivity contribution in [2.45, 2.75) is 19.8 Å². The number of pyridine rings is 1. The highest BCUT2D eigenvalue weighted by atomic mass is 15.3. The second-order valence-electron chi connectivity index (χ2n) is 7.17. The van der Waals surface area contributed by atoms with Crippen LogP contribution in [0.4, 0.5) is 29.1 Å². The Morgan fingerprint density at radius 3 is 2.48 bits per heavy atom. The van der Waals surface area contributed by atoms with Crippen LogP contribution in [0.25, 0.3) is 0 Å². The van der Waals surface area contributed by atoms with E-state index < -0.39 is 0 Å². The number of nitrogens with one attached hydrogen (secondary N) is 1. The average Bonchev–Trinajstić information content (AvgIpc) is 2.76. The monoisotopic (exact) mass is 389 g/mol. The number of hydrogen-bond acceptors (Lipinski definition) is 7. The molecule has 1 aliphatic rings. The first-order valence-corrected chi connectivity index (χ1v) is 10.1. The Kier molecular flexibility index (Phi) is 5.74. The van der Waals surface area contributed by atoms with E-state index in [0.29, 0.717) is 11.8 Å². The standard InChI is InChI=1S/C22H27N7/c1-2-7-17-8-3-4-9-18(17)25-20-16-19(23)26-22(27-20)29-14-12-28(13-15-29)21-10-5-6-11-24-21/h3-6,8-11,16H,2,7,12-15H2,1H3,(H3,23,25,26,27). The van der Waals surface area contributed by atoms with E-state index in [4.69, 9.17) is 10.7 Å². The number of nitrogen functional groups attached to an aromatic ring is 1. The van der Waals surface area contributed by atoms with Crippen LogP contribution in [0.3, 0.4) is 0 Å². The summed E-state index contributed by atoms with van der Waals surface area (Å²) in [5.41, 5.74) is 8.44. The predicted octanol–water partition coefficient (Wildman–Crippen LogP) is 3.48. The van der Waals surface area contributed by atoms with Gasteiger partial charge in [-0.2, -0.15) is 9.97 Å². The predicted molar refractivity (Wildman–Crippen MR) is 119 cm³/mol. The van der Waals surface area contributed by atoms with Gasteiger partial charge in [0.25, 0.3) is 0 Å². The summed E-state index contributed by atoms with van der Waals surface area (Å²) in [5.74, 6) is 2.87. The Morgan fingerprint density at radius 1 is 0.966 bits per heavy atom. The fraction of sp³-hybridized carbons (Fsp3) is 0.318. The molecule has 150 valence electrons. The van der Waals surface area contributed by atoms with Gasteiger partial charge in [-0.1, -0.05) is 37.6 Å². The van der Waals surface area contributed by atoms with Crippen LogP contribution < -0.4 is 20.9 Å². The molecule has 0 radical (unpaired) electrons. The molecule has 0 saturated carbocycles. The van der Waals surface area contributed by atoms with Crippen molar-refractivity contribution in [1.82, 2.24) is 15.0 Å². The number of piperazine rings is 1. The number of aromatic nitrogens is 3. The molecule has 2 aromatic heterocycles. The first-order valence-electron chi connectivity index (χ1n) is 10.1. The summed E-state index contributed by atoms with van der Waals surface area (Å²) in [7, 11) is 0. The van der Waals surface area contributed by atoms with Gasteiger partial charge in [0.1, 0.15) is 17.5 Å². The van der Waals surface area contributed by atoms with Gasteiger partial charge in [0.05, 0.1) is 0 Å². The Hall–Kier alpha value is -3.35. The number of anilines is 5. The number of aryl methyl sites for hydroxylation is 1. The molecule has 0 unspecified atom stereocenters. The van der Waals surface area contributed by atoms with Gasteiger partial charge in [-0.3, -0.25) is 0 Å². The van der Waals surface area contributed by atoms with Gasteiger partial charge < -0.3 is 20.9 Å².